The first-order valence-electron chi connectivity index (χ1n) is 2.89. The van der Waals surface area contributed by atoms with Gasteiger partial charge in [0.2, 0.25) is 0 Å². The van der Waals surface area contributed by atoms with Crippen LogP contribution in [0.25, 0.3) is 0 Å². The van der Waals surface area contributed by atoms with E-state index in [9.17, 15) is 0 Å². The Hall–Kier alpha value is -0.310. The van der Waals surface area contributed by atoms with Crippen LogP contribution in [-0.4, -0.2) is 4.75 Å². The molecule has 0 atom stereocenters. The van der Waals surface area contributed by atoms with Crippen molar-refractivity contribution in [1.29, 1.82) is 0 Å². The molecule has 0 aromatic carbocycles. The highest BCUT2D eigenvalue weighted by Gasteiger charge is 2.18. The topological polar surface area (TPSA) is 24.7 Å². The van der Waals surface area contributed by atoms with Crippen LogP contribution >= 0.6 is 11.9 Å². The summed E-state index contributed by atoms with van der Waals surface area (Å²) >= 11 is 1.51. The average molecular weight is 142 g/mol. The summed E-state index contributed by atoms with van der Waals surface area (Å²) in [4.78, 5) is 0. The normalized spacial score (nSPS) is 23.7. The second-order valence-electron chi connectivity index (χ2n) is 2.66. The summed E-state index contributed by atoms with van der Waals surface area (Å²) in [6, 6.07) is 0. The molecule has 0 aromatic rings. The van der Waals surface area contributed by atoms with Crippen LogP contribution in [-0.2, 0) is 0 Å². The molecule has 0 radical (unpaired) electrons. The Morgan fingerprint density at radius 2 is 2.22 bits per heavy atom. The third kappa shape index (κ3) is 1.82. The molecular formula is C6H10N2S. The first-order chi connectivity index (χ1) is 4.10. The van der Waals surface area contributed by atoms with E-state index in [4.69, 9.17) is 0 Å². The van der Waals surface area contributed by atoms with Crippen LogP contribution in [0.5, 0.6) is 0 Å². The molecule has 0 aromatic heterocycles. The Kier molecular flexibility index (Phi) is 1.62. The van der Waals surface area contributed by atoms with Gasteiger partial charge in [-0.3, -0.25) is 0 Å². The molecule has 0 unspecified atom stereocenters. The number of allylic oxidation sites excluding steroid dienone is 1. The molecule has 0 aliphatic carbocycles. The standard InChI is InChI=1S/C6H10N2S/c1-5-4-6(2,3)9-8-7-5/h4H,1-3H3. The lowest BCUT2D eigenvalue weighted by molar-refractivity contribution is 0.863. The second-order valence-corrected chi connectivity index (χ2v) is 4.06. The Morgan fingerprint density at radius 1 is 1.56 bits per heavy atom. The van der Waals surface area contributed by atoms with Crippen molar-refractivity contribution in [3.05, 3.63) is 11.8 Å². The Bertz CT molecular complexity index is 170. The van der Waals surface area contributed by atoms with Gasteiger partial charge in [0, 0.05) is 11.9 Å². The van der Waals surface area contributed by atoms with Gasteiger partial charge in [0.1, 0.15) is 0 Å². The predicted molar refractivity (Wildman–Crippen MR) is 40.3 cm³/mol. The zero-order valence-electron chi connectivity index (χ0n) is 5.88. The molecule has 0 bridgehead atoms. The lowest BCUT2D eigenvalue weighted by Gasteiger charge is -2.18. The van der Waals surface area contributed by atoms with Gasteiger partial charge in [0.05, 0.1) is 10.4 Å². The van der Waals surface area contributed by atoms with Crippen LogP contribution < -0.4 is 0 Å². The first-order valence-corrected chi connectivity index (χ1v) is 3.66. The fourth-order valence-electron chi connectivity index (χ4n) is 0.748. The van der Waals surface area contributed by atoms with Gasteiger partial charge >= 0.3 is 0 Å². The van der Waals surface area contributed by atoms with E-state index >= 15 is 0 Å². The molecule has 0 N–H and O–H groups in total. The molecule has 1 heterocycles. The summed E-state index contributed by atoms with van der Waals surface area (Å²) in [6.07, 6.45) is 2.12. The monoisotopic (exact) mass is 142 g/mol. The predicted octanol–water partition coefficient (Wildman–Crippen LogP) is 2.78. The highest BCUT2D eigenvalue weighted by molar-refractivity contribution is 7.99. The Labute approximate surface area is 59.6 Å². The van der Waals surface area contributed by atoms with Crippen LogP contribution in [0.1, 0.15) is 20.8 Å². The van der Waals surface area contributed by atoms with E-state index < -0.39 is 0 Å². The second kappa shape index (κ2) is 2.14. The zero-order valence-corrected chi connectivity index (χ0v) is 6.70. The number of nitrogens with zero attached hydrogens (tertiary/aromatic N) is 2. The molecular weight excluding hydrogens is 132 g/mol. The molecule has 1 aliphatic heterocycles. The lowest BCUT2D eigenvalue weighted by Crippen LogP contribution is -2.10. The van der Waals surface area contributed by atoms with E-state index in [1.807, 2.05) is 6.92 Å². The van der Waals surface area contributed by atoms with Gasteiger partial charge in [-0.1, -0.05) is 0 Å². The molecule has 9 heavy (non-hydrogen) atoms. The first kappa shape index (κ1) is 6.81. The van der Waals surface area contributed by atoms with Crippen molar-refractivity contribution < 1.29 is 0 Å². The third-order valence-corrected chi connectivity index (χ3v) is 1.78. The summed E-state index contributed by atoms with van der Waals surface area (Å²) in [5, 5.41) is 3.87. The van der Waals surface area contributed by atoms with E-state index in [-0.39, 0.29) is 4.75 Å². The molecule has 3 heteroatoms. The number of rotatable bonds is 0. The van der Waals surface area contributed by atoms with Gasteiger partial charge in [-0.15, -0.1) is 9.63 Å². The number of hydrogen-bond donors (Lipinski definition) is 0. The molecule has 50 valence electrons. The van der Waals surface area contributed by atoms with E-state index in [1.165, 1.54) is 11.9 Å². The van der Waals surface area contributed by atoms with Crippen molar-refractivity contribution in [2.24, 2.45) is 9.63 Å². The average Bonchev–Trinajstić information content (AvgIpc) is 1.60. The highest BCUT2D eigenvalue weighted by Crippen LogP contribution is 2.32. The zero-order chi connectivity index (χ0) is 6.91. The van der Waals surface area contributed by atoms with Gasteiger partial charge in [-0.2, -0.15) is 0 Å². The van der Waals surface area contributed by atoms with Gasteiger partial charge in [0.15, 0.2) is 0 Å². The molecule has 2 nitrogen and oxygen atoms in total. The lowest BCUT2D eigenvalue weighted by atomic mass is 10.2. The highest BCUT2D eigenvalue weighted by atomic mass is 32.2. The van der Waals surface area contributed by atoms with Gasteiger partial charge in [-0.05, 0) is 26.8 Å². The molecule has 0 fully saturated rings. The van der Waals surface area contributed by atoms with E-state index in [0.717, 1.165) is 5.70 Å². The number of hydrogen-bond acceptors (Lipinski definition) is 3. The third-order valence-electron chi connectivity index (χ3n) is 1.03. The van der Waals surface area contributed by atoms with Crippen molar-refractivity contribution >= 4 is 11.9 Å². The van der Waals surface area contributed by atoms with Crippen LogP contribution in [0.2, 0.25) is 0 Å². The van der Waals surface area contributed by atoms with Crippen LogP contribution in [0.3, 0.4) is 0 Å². The van der Waals surface area contributed by atoms with Crippen LogP contribution in [0.15, 0.2) is 21.4 Å². The minimum atomic E-state index is 0.145. The van der Waals surface area contributed by atoms with Crippen molar-refractivity contribution in [2.75, 3.05) is 0 Å². The Balaban J connectivity index is 2.78. The van der Waals surface area contributed by atoms with Crippen LogP contribution in [0.4, 0.5) is 0 Å². The smallest absolute Gasteiger partial charge is 0.0580 e. The van der Waals surface area contributed by atoms with E-state index in [1.54, 1.807) is 0 Å². The molecule has 0 saturated carbocycles. The maximum absolute atomic E-state index is 3.88. The molecule has 1 rings (SSSR count). The largest absolute Gasteiger partial charge is 0.149 e. The van der Waals surface area contributed by atoms with Crippen LogP contribution in [0, 0.1) is 0 Å². The molecule has 0 spiro atoms. The summed E-state index contributed by atoms with van der Waals surface area (Å²) in [5.74, 6) is 0. The molecule has 1 aliphatic rings. The minimum absolute atomic E-state index is 0.145. The quantitative estimate of drug-likeness (QED) is 0.477. The SMILES string of the molecule is CC1=CC(C)(C)SN=N1. The summed E-state index contributed by atoms with van der Waals surface area (Å²) < 4.78 is 4.03. The Morgan fingerprint density at radius 3 is 2.56 bits per heavy atom. The fraction of sp³-hybridized carbons (Fsp3) is 0.667. The summed E-state index contributed by atoms with van der Waals surface area (Å²) in [7, 11) is 0. The maximum Gasteiger partial charge on any atom is 0.0580 e. The minimum Gasteiger partial charge on any atom is -0.149 e. The van der Waals surface area contributed by atoms with Gasteiger partial charge in [-0.25, -0.2) is 0 Å². The van der Waals surface area contributed by atoms with Crippen molar-refractivity contribution in [3.8, 4) is 0 Å². The van der Waals surface area contributed by atoms with E-state index in [2.05, 4.69) is 29.6 Å². The van der Waals surface area contributed by atoms with Crippen molar-refractivity contribution in [3.63, 3.8) is 0 Å². The van der Waals surface area contributed by atoms with Crippen molar-refractivity contribution in [2.45, 2.75) is 25.5 Å². The molecule has 0 saturated heterocycles. The summed E-state index contributed by atoms with van der Waals surface area (Å²) in [6.45, 7) is 6.21. The van der Waals surface area contributed by atoms with Gasteiger partial charge < -0.3 is 0 Å². The summed E-state index contributed by atoms with van der Waals surface area (Å²) in [5.41, 5.74) is 1.01. The molecule has 0 amide bonds. The van der Waals surface area contributed by atoms with E-state index in [0.29, 0.717) is 0 Å². The maximum atomic E-state index is 3.88. The van der Waals surface area contributed by atoms with Gasteiger partial charge in [0.25, 0.3) is 0 Å². The fourth-order valence-corrected chi connectivity index (χ4v) is 1.35. The van der Waals surface area contributed by atoms with Crippen molar-refractivity contribution in [1.82, 2.24) is 0 Å².